The van der Waals surface area contributed by atoms with Crippen molar-refractivity contribution in [2.24, 2.45) is 50.7 Å². The van der Waals surface area contributed by atoms with Gasteiger partial charge in [-0.3, -0.25) is 4.79 Å². The molecular formula is C34H54O9. The fraction of sp³-hybridized carbons (Fsp3) is 0.971. The molecule has 7 fully saturated rings. The van der Waals surface area contributed by atoms with Crippen LogP contribution in [0.4, 0.5) is 0 Å². The SMILES string of the molecule is CO[C@H]1C[C@@H](C)[C@H]2C(C[C@@]3(C)[C@@H]4C[C@H](OC(C)=O)[C@H]5C(C)(C)[C@@H](O[C@@H]6OC[C@@H](O)[C@H](O)[C@H]6O)CC[C@@]56C[C@@]46CC[C@]23C)O1. The monoisotopic (exact) mass is 606 g/mol. The zero-order valence-corrected chi connectivity index (χ0v) is 27.1. The molecule has 0 aromatic carbocycles. The summed E-state index contributed by atoms with van der Waals surface area (Å²) in [5, 5.41) is 30.9. The van der Waals surface area contributed by atoms with Gasteiger partial charge in [-0.2, -0.15) is 0 Å². The third kappa shape index (κ3) is 3.97. The van der Waals surface area contributed by atoms with Gasteiger partial charge in [-0.15, -0.1) is 0 Å². The normalized spacial score (nSPS) is 58.3. The average molecular weight is 607 g/mol. The Morgan fingerprint density at radius 3 is 2.40 bits per heavy atom. The van der Waals surface area contributed by atoms with Gasteiger partial charge in [0.05, 0.1) is 18.8 Å². The highest BCUT2D eigenvalue weighted by atomic mass is 16.7. The minimum atomic E-state index is -1.33. The molecule has 0 aromatic rings. The summed E-state index contributed by atoms with van der Waals surface area (Å²) >= 11 is 0. The molecule has 0 radical (unpaired) electrons. The molecule has 9 heteroatoms. The number of hydrogen-bond donors (Lipinski definition) is 3. The first-order valence-corrected chi connectivity index (χ1v) is 16.8. The van der Waals surface area contributed by atoms with Gasteiger partial charge in [0, 0.05) is 26.4 Å². The van der Waals surface area contributed by atoms with Gasteiger partial charge in [0.15, 0.2) is 12.6 Å². The van der Waals surface area contributed by atoms with Crippen LogP contribution >= 0.6 is 0 Å². The molecule has 0 aromatic heterocycles. The number of esters is 1. The molecule has 2 heterocycles. The summed E-state index contributed by atoms with van der Waals surface area (Å²) in [6, 6.07) is 0. The van der Waals surface area contributed by atoms with Crippen molar-refractivity contribution in [1.82, 2.24) is 0 Å². The fourth-order valence-corrected chi connectivity index (χ4v) is 13.0. The predicted octanol–water partition coefficient (Wildman–Crippen LogP) is 3.80. The van der Waals surface area contributed by atoms with Crippen LogP contribution in [0.3, 0.4) is 0 Å². The van der Waals surface area contributed by atoms with Crippen LogP contribution in [0.1, 0.15) is 92.9 Å². The van der Waals surface area contributed by atoms with Gasteiger partial charge >= 0.3 is 5.97 Å². The molecule has 2 spiro atoms. The number of hydrogen-bond acceptors (Lipinski definition) is 9. The molecule has 7 aliphatic rings. The molecule has 5 aliphatic carbocycles. The summed E-state index contributed by atoms with van der Waals surface area (Å²) in [4.78, 5) is 12.7. The Kier molecular flexibility index (Phi) is 7.06. The molecule has 3 N–H and O–H groups in total. The lowest BCUT2D eigenvalue weighted by molar-refractivity contribution is -0.307. The van der Waals surface area contributed by atoms with Crippen LogP contribution in [-0.2, 0) is 28.5 Å². The summed E-state index contributed by atoms with van der Waals surface area (Å²) in [5.74, 6) is 1.34. The van der Waals surface area contributed by atoms with Gasteiger partial charge in [-0.25, -0.2) is 0 Å². The van der Waals surface area contributed by atoms with Crippen LogP contribution in [0, 0.1) is 50.7 Å². The number of methoxy groups -OCH3 is 1. The first-order chi connectivity index (χ1) is 20.1. The predicted molar refractivity (Wildman–Crippen MR) is 155 cm³/mol. The van der Waals surface area contributed by atoms with Crippen molar-refractivity contribution in [3.8, 4) is 0 Å². The Morgan fingerprint density at radius 1 is 0.953 bits per heavy atom. The Bertz CT molecular complexity index is 1130. The molecule has 2 saturated heterocycles. The summed E-state index contributed by atoms with van der Waals surface area (Å²) in [7, 11) is 1.76. The molecular weight excluding hydrogens is 552 g/mol. The maximum Gasteiger partial charge on any atom is 0.302 e. The van der Waals surface area contributed by atoms with E-state index in [-0.39, 0.29) is 70.2 Å². The van der Waals surface area contributed by atoms with Crippen LogP contribution < -0.4 is 0 Å². The van der Waals surface area contributed by atoms with E-state index in [1.54, 1.807) is 7.11 Å². The third-order valence-corrected chi connectivity index (χ3v) is 14.8. The molecule has 16 atom stereocenters. The number of carbonyl (C=O) groups is 1. The molecule has 0 bridgehead atoms. The quantitative estimate of drug-likeness (QED) is 0.324. The highest BCUT2D eigenvalue weighted by Gasteiger charge is 2.85. The number of aliphatic hydroxyl groups excluding tert-OH is 3. The van der Waals surface area contributed by atoms with Crippen molar-refractivity contribution < 1.29 is 43.8 Å². The second-order valence-corrected chi connectivity index (χ2v) is 16.8. The average Bonchev–Trinajstić information content (AvgIpc) is 3.51. The molecule has 43 heavy (non-hydrogen) atoms. The minimum absolute atomic E-state index is 0.0683. The van der Waals surface area contributed by atoms with E-state index >= 15 is 0 Å². The molecule has 1 unspecified atom stereocenters. The Morgan fingerprint density at radius 2 is 1.70 bits per heavy atom. The molecule has 5 saturated carbocycles. The first-order valence-electron chi connectivity index (χ1n) is 16.8. The van der Waals surface area contributed by atoms with Crippen molar-refractivity contribution in [2.45, 2.75) is 142 Å². The Hall–Kier alpha value is -0.810. The van der Waals surface area contributed by atoms with E-state index in [2.05, 4.69) is 34.6 Å². The van der Waals surface area contributed by atoms with Gasteiger partial charge in [0.2, 0.25) is 0 Å². The zero-order valence-electron chi connectivity index (χ0n) is 27.1. The van der Waals surface area contributed by atoms with E-state index in [0.29, 0.717) is 17.8 Å². The summed E-state index contributed by atoms with van der Waals surface area (Å²) < 4.78 is 30.8. The topological polar surface area (TPSA) is 124 Å². The lowest BCUT2D eigenvalue weighted by Crippen LogP contribution is -2.63. The van der Waals surface area contributed by atoms with Crippen LogP contribution in [0.5, 0.6) is 0 Å². The van der Waals surface area contributed by atoms with Gasteiger partial charge in [0.25, 0.3) is 0 Å². The number of ether oxygens (including phenoxy) is 5. The molecule has 7 rings (SSSR count). The van der Waals surface area contributed by atoms with Crippen molar-refractivity contribution in [2.75, 3.05) is 13.7 Å². The van der Waals surface area contributed by atoms with E-state index in [9.17, 15) is 20.1 Å². The standard InChI is InChI=1S/C34H54O9/c1-17-12-24(39-7)42-21-14-32(6)22-13-20(41-18(2)35)28-30(3,4)23(43-29-27(38)26(37)19(36)15-40-29)8-9-34(28)16-33(22,34)11-10-31(32,5)25(17)21/h17,19-29,36-38H,8-16H2,1-7H3/t17-,19-,20+,21?,22+,23+,24-,25+,26+,27-,28+,29+,31-,32+,33+,34-/m1/s1. The lowest BCUT2D eigenvalue weighted by atomic mass is 9.41. The fourth-order valence-electron chi connectivity index (χ4n) is 13.0. The summed E-state index contributed by atoms with van der Waals surface area (Å²) in [5.41, 5.74) is 0.132. The van der Waals surface area contributed by atoms with Gasteiger partial charge in [-0.1, -0.05) is 34.6 Å². The van der Waals surface area contributed by atoms with Crippen molar-refractivity contribution in [3.63, 3.8) is 0 Å². The maximum absolute atomic E-state index is 12.7. The second kappa shape index (κ2) is 9.85. The highest BCUT2D eigenvalue weighted by molar-refractivity contribution is 5.66. The van der Waals surface area contributed by atoms with Crippen molar-refractivity contribution in [1.29, 1.82) is 0 Å². The van der Waals surface area contributed by atoms with Crippen molar-refractivity contribution >= 4 is 5.97 Å². The zero-order chi connectivity index (χ0) is 30.9. The third-order valence-electron chi connectivity index (χ3n) is 14.8. The first kappa shape index (κ1) is 30.8. The molecule has 0 amide bonds. The van der Waals surface area contributed by atoms with Crippen LogP contribution in [0.2, 0.25) is 0 Å². The maximum atomic E-state index is 12.7. The number of fused-ring (bicyclic) bond motifs is 4. The van der Waals surface area contributed by atoms with Gasteiger partial charge < -0.3 is 39.0 Å². The van der Waals surface area contributed by atoms with E-state index in [1.165, 1.54) is 19.8 Å². The molecule has 9 nitrogen and oxygen atoms in total. The minimum Gasteiger partial charge on any atom is -0.462 e. The smallest absolute Gasteiger partial charge is 0.302 e. The highest BCUT2D eigenvalue weighted by Crippen LogP contribution is 2.89. The summed E-state index contributed by atoms with van der Waals surface area (Å²) in [6.07, 6.45) is 2.94. The molecule has 2 aliphatic heterocycles. The number of rotatable bonds is 4. The van der Waals surface area contributed by atoms with Crippen LogP contribution in [-0.4, -0.2) is 84.2 Å². The summed E-state index contributed by atoms with van der Waals surface area (Å²) in [6.45, 7) is 13.4. The van der Waals surface area contributed by atoms with E-state index in [1.807, 2.05) is 0 Å². The van der Waals surface area contributed by atoms with E-state index < -0.39 is 24.6 Å². The number of aliphatic hydroxyl groups is 3. The van der Waals surface area contributed by atoms with Crippen LogP contribution in [0.25, 0.3) is 0 Å². The Labute approximate surface area is 256 Å². The second-order valence-electron chi connectivity index (χ2n) is 16.8. The van der Waals surface area contributed by atoms with Gasteiger partial charge in [-0.05, 0) is 89.8 Å². The van der Waals surface area contributed by atoms with Crippen LogP contribution in [0.15, 0.2) is 0 Å². The van der Waals surface area contributed by atoms with Crippen molar-refractivity contribution in [3.05, 3.63) is 0 Å². The molecule has 244 valence electrons. The Balaban J connectivity index is 1.21. The van der Waals surface area contributed by atoms with E-state index in [0.717, 1.165) is 38.5 Å². The number of carbonyl (C=O) groups excluding carboxylic acids is 1. The lowest BCUT2D eigenvalue weighted by Gasteiger charge is -2.64. The largest absolute Gasteiger partial charge is 0.462 e. The van der Waals surface area contributed by atoms with Gasteiger partial charge in [0.1, 0.15) is 24.4 Å². The van der Waals surface area contributed by atoms with E-state index in [4.69, 9.17) is 23.7 Å².